The van der Waals surface area contributed by atoms with Gasteiger partial charge in [-0.2, -0.15) is 0 Å². The smallest absolute Gasteiger partial charge is 0.344 e. The van der Waals surface area contributed by atoms with Crippen LogP contribution in [0.15, 0.2) is 72.8 Å². The van der Waals surface area contributed by atoms with Gasteiger partial charge in [-0.05, 0) is 42.7 Å². The molecule has 5 nitrogen and oxygen atoms in total. The van der Waals surface area contributed by atoms with Gasteiger partial charge in [-0.1, -0.05) is 60.7 Å². The molecule has 0 fully saturated rings. The second-order valence-electron chi connectivity index (χ2n) is 7.25. The van der Waals surface area contributed by atoms with E-state index in [1.807, 2.05) is 62.4 Å². The summed E-state index contributed by atoms with van der Waals surface area (Å²) in [4.78, 5) is 37.0. The van der Waals surface area contributed by atoms with Crippen LogP contribution in [0.1, 0.15) is 50.2 Å². The Morgan fingerprint density at radius 2 is 1.45 bits per heavy atom. The van der Waals surface area contributed by atoms with Crippen LogP contribution in [0, 0.1) is 13.8 Å². The van der Waals surface area contributed by atoms with E-state index in [-0.39, 0.29) is 31.0 Å². The van der Waals surface area contributed by atoms with Crippen LogP contribution in [0.5, 0.6) is 5.75 Å². The summed E-state index contributed by atoms with van der Waals surface area (Å²) in [6.07, 6.45) is 0.0000112. The molecule has 0 spiro atoms. The van der Waals surface area contributed by atoms with E-state index in [9.17, 15) is 14.4 Å². The van der Waals surface area contributed by atoms with Gasteiger partial charge in [0.05, 0.1) is 12.0 Å². The van der Waals surface area contributed by atoms with Gasteiger partial charge in [0.25, 0.3) is 0 Å². The van der Waals surface area contributed by atoms with Crippen molar-refractivity contribution in [3.63, 3.8) is 0 Å². The first-order valence-electron chi connectivity index (χ1n) is 10.1. The lowest BCUT2D eigenvalue weighted by Gasteiger charge is -2.10. The molecule has 0 N–H and O–H groups in total. The molecule has 0 aromatic heterocycles. The van der Waals surface area contributed by atoms with Crippen molar-refractivity contribution in [1.82, 2.24) is 0 Å². The molecule has 0 saturated carbocycles. The average molecular weight is 416 g/mol. The van der Waals surface area contributed by atoms with Crippen molar-refractivity contribution in [2.45, 2.75) is 33.3 Å². The van der Waals surface area contributed by atoms with Crippen molar-refractivity contribution in [1.29, 1.82) is 0 Å². The molecule has 0 atom stereocenters. The number of hydrogen-bond acceptors (Lipinski definition) is 5. The second kappa shape index (κ2) is 10.3. The van der Waals surface area contributed by atoms with Crippen LogP contribution in [0.25, 0.3) is 0 Å². The molecular formula is C26H24O5. The largest absolute Gasteiger partial charge is 0.461 e. The fourth-order valence-electron chi connectivity index (χ4n) is 3.20. The monoisotopic (exact) mass is 416 g/mol. The molecule has 3 rings (SSSR count). The molecule has 5 heteroatoms. The summed E-state index contributed by atoms with van der Waals surface area (Å²) < 4.78 is 10.7. The number of carbonyl (C=O) groups is 3. The van der Waals surface area contributed by atoms with Crippen LogP contribution < -0.4 is 4.74 Å². The lowest BCUT2D eigenvalue weighted by molar-refractivity contribution is -0.144. The minimum absolute atomic E-state index is 0.0158. The minimum Gasteiger partial charge on any atom is -0.461 e. The molecule has 0 aliphatic carbocycles. The predicted molar refractivity (Wildman–Crippen MR) is 117 cm³/mol. The van der Waals surface area contributed by atoms with Crippen LogP contribution in [-0.4, -0.2) is 17.7 Å². The van der Waals surface area contributed by atoms with Gasteiger partial charge in [-0.3, -0.25) is 9.59 Å². The second-order valence-corrected chi connectivity index (χ2v) is 7.25. The van der Waals surface area contributed by atoms with Crippen molar-refractivity contribution < 1.29 is 23.9 Å². The van der Waals surface area contributed by atoms with Gasteiger partial charge >= 0.3 is 11.9 Å². The molecule has 3 aromatic carbocycles. The standard InChI is InChI=1S/C26H24O5/c1-18-8-6-9-19(2)25(18)26(29)31-22-13-7-12-21(16-22)23(27)14-15-24(28)30-17-20-10-4-3-5-11-20/h3-13,16H,14-15,17H2,1-2H3. The highest BCUT2D eigenvalue weighted by atomic mass is 16.5. The number of esters is 2. The Hall–Kier alpha value is -3.73. The van der Waals surface area contributed by atoms with Gasteiger partial charge in [0, 0.05) is 12.0 Å². The first kappa shape index (κ1) is 22.0. The van der Waals surface area contributed by atoms with Crippen LogP contribution in [0.3, 0.4) is 0 Å². The maximum Gasteiger partial charge on any atom is 0.344 e. The average Bonchev–Trinajstić information content (AvgIpc) is 2.77. The normalized spacial score (nSPS) is 10.4. The fraction of sp³-hybridized carbons (Fsp3) is 0.192. The first-order valence-corrected chi connectivity index (χ1v) is 10.1. The number of ether oxygens (including phenoxy) is 2. The Morgan fingerprint density at radius 1 is 0.774 bits per heavy atom. The van der Waals surface area contributed by atoms with Gasteiger partial charge in [0.15, 0.2) is 5.78 Å². The Balaban J connectivity index is 1.56. The zero-order chi connectivity index (χ0) is 22.2. The molecule has 0 amide bonds. The summed E-state index contributed by atoms with van der Waals surface area (Å²) in [6.45, 7) is 3.87. The van der Waals surface area contributed by atoms with Gasteiger partial charge in [0.1, 0.15) is 12.4 Å². The summed E-state index contributed by atoms with van der Waals surface area (Å²) >= 11 is 0. The van der Waals surface area contributed by atoms with E-state index < -0.39 is 11.9 Å². The van der Waals surface area contributed by atoms with E-state index in [1.54, 1.807) is 18.2 Å². The number of Topliss-reactive ketones (excluding diaryl/α,β-unsaturated/α-hetero) is 1. The molecule has 158 valence electrons. The van der Waals surface area contributed by atoms with Gasteiger partial charge in [-0.15, -0.1) is 0 Å². The Bertz CT molecular complexity index is 1070. The summed E-state index contributed by atoms with van der Waals surface area (Å²) in [5, 5.41) is 0. The van der Waals surface area contributed by atoms with Gasteiger partial charge in [0.2, 0.25) is 0 Å². The van der Waals surface area contributed by atoms with Crippen molar-refractivity contribution >= 4 is 17.7 Å². The highest BCUT2D eigenvalue weighted by Gasteiger charge is 2.16. The lowest BCUT2D eigenvalue weighted by Crippen LogP contribution is -2.12. The highest BCUT2D eigenvalue weighted by molar-refractivity contribution is 5.98. The molecule has 0 bridgehead atoms. The molecule has 0 radical (unpaired) electrons. The Kier molecular flexibility index (Phi) is 7.33. The molecular weight excluding hydrogens is 392 g/mol. The first-order chi connectivity index (χ1) is 14.9. The third-order valence-corrected chi connectivity index (χ3v) is 4.85. The molecule has 0 aliphatic heterocycles. The number of carbonyl (C=O) groups excluding carboxylic acids is 3. The van der Waals surface area contributed by atoms with Crippen LogP contribution in [0.2, 0.25) is 0 Å². The van der Waals surface area contributed by atoms with E-state index in [1.165, 1.54) is 6.07 Å². The summed E-state index contributed by atoms with van der Waals surface area (Å²) in [5.41, 5.74) is 3.43. The third kappa shape index (κ3) is 6.12. The van der Waals surface area contributed by atoms with Crippen molar-refractivity contribution in [2.24, 2.45) is 0 Å². The zero-order valence-electron chi connectivity index (χ0n) is 17.6. The van der Waals surface area contributed by atoms with E-state index in [4.69, 9.17) is 9.47 Å². The molecule has 31 heavy (non-hydrogen) atoms. The number of aryl methyl sites for hydroxylation is 2. The van der Waals surface area contributed by atoms with E-state index in [0.717, 1.165) is 16.7 Å². The van der Waals surface area contributed by atoms with Crippen molar-refractivity contribution in [3.05, 3.63) is 101 Å². The summed E-state index contributed by atoms with van der Waals surface area (Å²) in [6, 6.07) is 21.3. The van der Waals surface area contributed by atoms with E-state index >= 15 is 0 Å². The Morgan fingerprint density at radius 3 is 2.16 bits per heavy atom. The van der Waals surface area contributed by atoms with E-state index in [0.29, 0.717) is 11.1 Å². The maximum atomic E-state index is 12.6. The molecule has 0 unspecified atom stereocenters. The SMILES string of the molecule is Cc1cccc(C)c1C(=O)Oc1cccc(C(=O)CCC(=O)OCc2ccccc2)c1. The fourth-order valence-corrected chi connectivity index (χ4v) is 3.20. The van der Waals surface area contributed by atoms with Crippen LogP contribution >= 0.6 is 0 Å². The van der Waals surface area contributed by atoms with Gasteiger partial charge < -0.3 is 9.47 Å². The van der Waals surface area contributed by atoms with Crippen molar-refractivity contribution in [3.8, 4) is 5.75 Å². The quantitative estimate of drug-likeness (QED) is 0.286. The summed E-state index contributed by atoms with van der Waals surface area (Å²) in [7, 11) is 0. The molecule has 0 aliphatic rings. The number of ketones is 1. The molecule has 0 saturated heterocycles. The van der Waals surface area contributed by atoms with Crippen molar-refractivity contribution in [2.75, 3.05) is 0 Å². The van der Waals surface area contributed by atoms with Crippen LogP contribution in [-0.2, 0) is 16.1 Å². The number of rotatable bonds is 8. The lowest BCUT2D eigenvalue weighted by atomic mass is 10.0. The third-order valence-electron chi connectivity index (χ3n) is 4.85. The Labute approximate surface area is 181 Å². The maximum absolute atomic E-state index is 12.6. The molecule has 0 heterocycles. The van der Waals surface area contributed by atoms with Crippen LogP contribution in [0.4, 0.5) is 0 Å². The molecule has 3 aromatic rings. The highest BCUT2D eigenvalue weighted by Crippen LogP contribution is 2.20. The topological polar surface area (TPSA) is 69.7 Å². The van der Waals surface area contributed by atoms with E-state index in [2.05, 4.69) is 0 Å². The van der Waals surface area contributed by atoms with Gasteiger partial charge in [-0.25, -0.2) is 4.79 Å². The predicted octanol–water partition coefficient (Wildman–Crippen LogP) is 5.23. The number of hydrogen-bond donors (Lipinski definition) is 0. The number of benzene rings is 3. The zero-order valence-corrected chi connectivity index (χ0v) is 17.6. The summed E-state index contributed by atoms with van der Waals surface area (Å²) in [5.74, 6) is -0.841. The minimum atomic E-state index is -0.468.